The Labute approximate surface area is 183 Å². The van der Waals surface area contributed by atoms with E-state index in [1.165, 1.54) is 22.0 Å². The molecule has 8 heteroatoms. The summed E-state index contributed by atoms with van der Waals surface area (Å²) < 4.78 is 3.53. The molecule has 0 radical (unpaired) electrons. The monoisotopic (exact) mass is 438 g/mol. The smallest absolute Gasteiger partial charge is 0.271 e. The van der Waals surface area contributed by atoms with E-state index < -0.39 is 0 Å². The standard InChI is InChI=1S/C22H20ClN5OS/c1-14-11-15(2)20(16(3)12-14)28-21-17(7-6-9-24-21)25-22(28)30-13-19(29)26-27-10-5-4-8-18(27)23/h4-12H,13H2,1-3H3/p+1. The van der Waals surface area contributed by atoms with Gasteiger partial charge in [0.15, 0.2) is 10.8 Å². The fourth-order valence-electron chi connectivity index (χ4n) is 3.52. The van der Waals surface area contributed by atoms with Crippen molar-refractivity contribution in [3.8, 4) is 5.69 Å². The lowest BCUT2D eigenvalue weighted by molar-refractivity contribution is -0.639. The summed E-state index contributed by atoms with van der Waals surface area (Å²) in [5, 5.41) is 1.15. The molecule has 1 aromatic carbocycles. The number of imidazole rings is 1. The molecule has 0 unspecified atom stereocenters. The number of benzene rings is 1. The topological polar surface area (TPSA) is 63.7 Å². The number of fused-ring (bicyclic) bond motifs is 1. The Morgan fingerprint density at radius 2 is 1.93 bits per heavy atom. The molecule has 0 aliphatic rings. The summed E-state index contributed by atoms with van der Waals surface area (Å²) in [6, 6.07) is 13.4. The van der Waals surface area contributed by atoms with E-state index in [1.54, 1.807) is 30.6 Å². The van der Waals surface area contributed by atoms with Crippen LogP contribution >= 0.6 is 23.4 Å². The second-order valence-electron chi connectivity index (χ2n) is 7.04. The molecule has 0 bridgehead atoms. The van der Waals surface area contributed by atoms with Crippen LogP contribution in [0.25, 0.3) is 16.9 Å². The molecule has 152 valence electrons. The largest absolute Gasteiger partial charge is 0.304 e. The minimum atomic E-state index is -0.179. The molecule has 0 atom stereocenters. The number of halogens is 1. The highest BCUT2D eigenvalue weighted by atomic mass is 35.5. The minimum Gasteiger partial charge on any atom is -0.271 e. The van der Waals surface area contributed by atoms with Crippen molar-refractivity contribution in [2.24, 2.45) is 0 Å². The maximum atomic E-state index is 12.5. The highest BCUT2D eigenvalue weighted by Gasteiger charge is 2.19. The van der Waals surface area contributed by atoms with Crippen molar-refractivity contribution in [3.05, 3.63) is 76.7 Å². The van der Waals surface area contributed by atoms with Crippen LogP contribution in [0.15, 0.2) is 60.0 Å². The Kier molecular flexibility index (Phi) is 5.74. The van der Waals surface area contributed by atoms with E-state index in [4.69, 9.17) is 16.6 Å². The predicted octanol–water partition coefficient (Wildman–Crippen LogP) is 4.15. The first-order valence-corrected chi connectivity index (χ1v) is 10.8. The zero-order chi connectivity index (χ0) is 21.3. The normalized spacial score (nSPS) is 11.1. The minimum absolute atomic E-state index is 0.179. The Bertz CT molecular complexity index is 1230. The highest BCUT2D eigenvalue weighted by Crippen LogP contribution is 2.30. The van der Waals surface area contributed by atoms with Crippen LogP contribution in [0, 0.1) is 20.8 Å². The summed E-state index contributed by atoms with van der Waals surface area (Å²) in [6.45, 7) is 6.25. The summed E-state index contributed by atoms with van der Waals surface area (Å²) in [5.74, 6) is 0.00732. The molecule has 0 saturated carbocycles. The van der Waals surface area contributed by atoms with Crippen LogP contribution in [0.1, 0.15) is 16.7 Å². The number of pyridine rings is 2. The number of hydrogen-bond acceptors (Lipinski definition) is 4. The number of carbonyl (C=O) groups excluding carboxylic acids is 1. The van der Waals surface area contributed by atoms with Crippen molar-refractivity contribution >= 4 is 40.4 Å². The molecule has 3 aromatic heterocycles. The predicted molar refractivity (Wildman–Crippen MR) is 120 cm³/mol. The van der Waals surface area contributed by atoms with Crippen molar-refractivity contribution in [1.82, 2.24) is 14.5 Å². The van der Waals surface area contributed by atoms with Gasteiger partial charge in [-0.1, -0.05) is 34.1 Å². The molecule has 6 nitrogen and oxygen atoms in total. The second kappa shape index (κ2) is 8.45. The molecule has 0 saturated heterocycles. The molecule has 1 amide bonds. The SMILES string of the molecule is Cc1cc(C)c(-n2c(SCC(=O)N[n+]3ccccc3Cl)nc3cccnc32)c(C)c1. The summed E-state index contributed by atoms with van der Waals surface area (Å²) in [6.07, 6.45) is 3.46. The van der Waals surface area contributed by atoms with Crippen LogP contribution in [-0.4, -0.2) is 26.2 Å². The number of aryl methyl sites for hydroxylation is 3. The van der Waals surface area contributed by atoms with E-state index in [2.05, 4.69) is 43.3 Å². The number of hydrogen-bond donors (Lipinski definition) is 1. The molecule has 0 fully saturated rings. The van der Waals surface area contributed by atoms with E-state index in [9.17, 15) is 4.79 Å². The van der Waals surface area contributed by atoms with Crippen molar-refractivity contribution in [2.75, 3.05) is 11.2 Å². The Morgan fingerprint density at radius 1 is 1.17 bits per heavy atom. The second-order valence-corrected chi connectivity index (χ2v) is 8.37. The fourth-order valence-corrected chi connectivity index (χ4v) is 4.49. The first-order chi connectivity index (χ1) is 14.4. The van der Waals surface area contributed by atoms with Gasteiger partial charge >= 0.3 is 5.15 Å². The summed E-state index contributed by atoms with van der Waals surface area (Å²) in [4.78, 5) is 21.8. The van der Waals surface area contributed by atoms with Gasteiger partial charge in [-0.15, -0.1) is 5.43 Å². The number of nitrogens with one attached hydrogen (secondary N) is 1. The van der Waals surface area contributed by atoms with Crippen LogP contribution in [0.3, 0.4) is 0 Å². The third kappa shape index (κ3) is 4.04. The zero-order valence-electron chi connectivity index (χ0n) is 16.9. The van der Waals surface area contributed by atoms with Gasteiger partial charge in [0, 0.05) is 18.3 Å². The van der Waals surface area contributed by atoms with E-state index in [0.29, 0.717) is 5.15 Å². The van der Waals surface area contributed by atoms with Gasteiger partial charge in [-0.05, 0) is 61.7 Å². The Morgan fingerprint density at radius 3 is 2.67 bits per heavy atom. The molecule has 3 heterocycles. The van der Waals surface area contributed by atoms with Crippen molar-refractivity contribution in [3.63, 3.8) is 0 Å². The van der Waals surface area contributed by atoms with Gasteiger partial charge in [0.25, 0.3) is 5.91 Å². The third-order valence-corrected chi connectivity index (χ3v) is 5.88. The molecule has 1 N–H and O–H groups in total. The van der Waals surface area contributed by atoms with Crippen molar-refractivity contribution in [2.45, 2.75) is 25.9 Å². The van der Waals surface area contributed by atoms with E-state index in [0.717, 1.165) is 33.1 Å². The van der Waals surface area contributed by atoms with Gasteiger partial charge in [-0.25, -0.2) is 9.97 Å². The summed E-state index contributed by atoms with van der Waals surface area (Å²) >= 11 is 7.47. The Hall–Kier alpha value is -2.90. The van der Waals surface area contributed by atoms with Gasteiger partial charge < -0.3 is 0 Å². The maximum absolute atomic E-state index is 12.5. The molecule has 0 spiro atoms. The van der Waals surface area contributed by atoms with Crippen LogP contribution in [0.2, 0.25) is 5.15 Å². The molecule has 4 rings (SSSR count). The first-order valence-electron chi connectivity index (χ1n) is 9.44. The number of rotatable bonds is 5. The molecule has 4 aromatic rings. The van der Waals surface area contributed by atoms with Gasteiger partial charge in [-0.3, -0.25) is 9.36 Å². The van der Waals surface area contributed by atoms with Crippen LogP contribution < -0.4 is 10.1 Å². The maximum Gasteiger partial charge on any atom is 0.304 e. The summed E-state index contributed by atoms with van der Waals surface area (Å²) in [7, 11) is 0. The quantitative estimate of drug-likeness (QED) is 0.289. The lowest BCUT2D eigenvalue weighted by Crippen LogP contribution is -2.49. The lowest BCUT2D eigenvalue weighted by Gasteiger charge is -2.15. The van der Waals surface area contributed by atoms with Crippen LogP contribution in [0.4, 0.5) is 0 Å². The van der Waals surface area contributed by atoms with E-state index in [-0.39, 0.29) is 11.7 Å². The third-order valence-electron chi connectivity index (χ3n) is 4.63. The number of thioether (sulfide) groups is 1. The average molecular weight is 439 g/mol. The van der Waals surface area contributed by atoms with Gasteiger partial charge in [0.1, 0.15) is 5.52 Å². The van der Waals surface area contributed by atoms with Crippen molar-refractivity contribution in [1.29, 1.82) is 0 Å². The molecular weight excluding hydrogens is 418 g/mol. The zero-order valence-corrected chi connectivity index (χ0v) is 18.5. The van der Waals surface area contributed by atoms with E-state index in [1.807, 2.05) is 16.7 Å². The van der Waals surface area contributed by atoms with Crippen LogP contribution in [-0.2, 0) is 4.79 Å². The number of nitrogens with zero attached hydrogens (tertiary/aromatic N) is 4. The van der Waals surface area contributed by atoms with E-state index >= 15 is 0 Å². The fraction of sp³-hybridized carbons (Fsp3) is 0.182. The average Bonchev–Trinajstić information content (AvgIpc) is 3.06. The number of amides is 1. The van der Waals surface area contributed by atoms with Gasteiger partial charge in [0.2, 0.25) is 6.20 Å². The van der Waals surface area contributed by atoms with Crippen LogP contribution in [0.5, 0.6) is 0 Å². The molecule has 0 aliphatic carbocycles. The Balaban J connectivity index is 1.68. The van der Waals surface area contributed by atoms with Crippen molar-refractivity contribution < 1.29 is 9.47 Å². The summed E-state index contributed by atoms with van der Waals surface area (Å²) in [5.41, 5.74) is 8.86. The molecule has 0 aliphatic heterocycles. The lowest BCUT2D eigenvalue weighted by atomic mass is 10.1. The van der Waals surface area contributed by atoms with Gasteiger partial charge in [-0.2, -0.15) is 0 Å². The number of aromatic nitrogens is 4. The first kappa shape index (κ1) is 20.4. The highest BCUT2D eigenvalue weighted by molar-refractivity contribution is 7.99. The molecule has 30 heavy (non-hydrogen) atoms. The molecular formula is C22H21ClN5OS+. The number of carbonyl (C=O) groups is 1. The van der Waals surface area contributed by atoms with Gasteiger partial charge in [0.05, 0.1) is 11.4 Å².